The smallest absolute Gasteiger partial charge is 0.123 e. The zero-order valence-corrected chi connectivity index (χ0v) is 14.3. The van der Waals surface area contributed by atoms with Crippen LogP contribution in [0, 0.1) is 6.92 Å². The van der Waals surface area contributed by atoms with E-state index in [1.165, 1.54) is 16.0 Å². The standard InChI is InChI=1S/C16H18BrNOS/c1-9-6-13(20-15(9)17)14(18)10-4-5-12-11(7-10)8-16(2,3)19-12/h4-7,14H,8,18H2,1-3H3. The van der Waals surface area contributed by atoms with Crippen molar-refractivity contribution in [3.05, 3.63) is 49.6 Å². The van der Waals surface area contributed by atoms with Crippen molar-refractivity contribution in [1.82, 2.24) is 0 Å². The predicted molar refractivity (Wildman–Crippen MR) is 87.6 cm³/mol. The molecular formula is C16H18BrNOS. The lowest BCUT2D eigenvalue weighted by Crippen LogP contribution is -2.24. The summed E-state index contributed by atoms with van der Waals surface area (Å²) in [5.41, 5.74) is 9.96. The molecule has 1 aromatic carbocycles. The molecule has 1 unspecified atom stereocenters. The molecule has 1 aromatic heterocycles. The van der Waals surface area contributed by atoms with E-state index in [-0.39, 0.29) is 11.6 Å². The van der Waals surface area contributed by atoms with E-state index in [2.05, 4.69) is 61.0 Å². The second kappa shape index (κ2) is 4.86. The Morgan fingerprint density at radius 2 is 2.10 bits per heavy atom. The average molecular weight is 352 g/mol. The lowest BCUT2D eigenvalue weighted by atomic mass is 9.97. The van der Waals surface area contributed by atoms with Gasteiger partial charge < -0.3 is 10.5 Å². The Morgan fingerprint density at radius 1 is 1.35 bits per heavy atom. The average Bonchev–Trinajstić information content (AvgIpc) is 2.86. The highest BCUT2D eigenvalue weighted by molar-refractivity contribution is 9.11. The first kappa shape index (κ1) is 14.1. The molecule has 1 aliphatic rings. The van der Waals surface area contributed by atoms with Crippen LogP contribution in [0.4, 0.5) is 0 Å². The monoisotopic (exact) mass is 351 g/mol. The van der Waals surface area contributed by atoms with Crippen LogP contribution in [-0.2, 0) is 6.42 Å². The Morgan fingerprint density at radius 3 is 2.75 bits per heavy atom. The molecule has 0 aliphatic carbocycles. The molecule has 1 aliphatic heterocycles. The van der Waals surface area contributed by atoms with Crippen LogP contribution in [0.1, 0.15) is 41.5 Å². The lowest BCUT2D eigenvalue weighted by Gasteiger charge is -2.16. The van der Waals surface area contributed by atoms with Crippen LogP contribution in [0.5, 0.6) is 5.75 Å². The Bertz CT molecular complexity index is 643. The SMILES string of the molecule is Cc1cc(C(N)c2ccc3c(c2)CC(C)(C)O3)sc1Br. The maximum atomic E-state index is 6.41. The van der Waals surface area contributed by atoms with Gasteiger partial charge in [-0.2, -0.15) is 0 Å². The number of ether oxygens (including phenoxy) is 1. The summed E-state index contributed by atoms with van der Waals surface area (Å²) in [6.45, 7) is 6.33. The minimum absolute atomic E-state index is 0.0704. The molecule has 0 bridgehead atoms. The second-order valence-corrected chi connectivity index (χ2v) is 8.39. The van der Waals surface area contributed by atoms with Crippen molar-refractivity contribution < 1.29 is 4.74 Å². The van der Waals surface area contributed by atoms with E-state index in [1.807, 2.05) is 0 Å². The number of hydrogen-bond acceptors (Lipinski definition) is 3. The van der Waals surface area contributed by atoms with Crippen molar-refractivity contribution in [2.24, 2.45) is 5.73 Å². The maximum absolute atomic E-state index is 6.41. The van der Waals surface area contributed by atoms with Gasteiger partial charge in [0.25, 0.3) is 0 Å². The number of halogens is 1. The van der Waals surface area contributed by atoms with Gasteiger partial charge in [-0.15, -0.1) is 11.3 Å². The Kier molecular flexibility index (Phi) is 3.43. The quantitative estimate of drug-likeness (QED) is 0.859. The molecule has 2 nitrogen and oxygen atoms in total. The molecule has 0 spiro atoms. The van der Waals surface area contributed by atoms with Gasteiger partial charge in [0.05, 0.1) is 9.83 Å². The molecule has 4 heteroatoms. The molecule has 0 saturated carbocycles. The number of nitrogens with two attached hydrogens (primary N) is 1. The summed E-state index contributed by atoms with van der Waals surface area (Å²) >= 11 is 5.28. The molecule has 0 fully saturated rings. The van der Waals surface area contributed by atoms with E-state index in [1.54, 1.807) is 11.3 Å². The zero-order chi connectivity index (χ0) is 14.5. The van der Waals surface area contributed by atoms with E-state index in [0.29, 0.717) is 0 Å². The molecule has 0 amide bonds. The molecular weight excluding hydrogens is 334 g/mol. The van der Waals surface area contributed by atoms with Crippen molar-refractivity contribution in [1.29, 1.82) is 0 Å². The van der Waals surface area contributed by atoms with Gasteiger partial charge in [-0.05, 0) is 65.5 Å². The van der Waals surface area contributed by atoms with Crippen LogP contribution in [0.15, 0.2) is 28.1 Å². The second-order valence-electron chi connectivity index (χ2n) is 5.99. The normalized spacial score (nSPS) is 17.6. The Labute approximate surface area is 132 Å². The lowest BCUT2D eigenvalue weighted by molar-refractivity contribution is 0.138. The first-order valence-electron chi connectivity index (χ1n) is 6.69. The van der Waals surface area contributed by atoms with Crippen molar-refractivity contribution in [3.63, 3.8) is 0 Å². The maximum Gasteiger partial charge on any atom is 0.123 e. The van der Waals surface area contributed by atoms with Crippen LogP contribution in [-0.4, -0.2) is 5.60 Å². The fraction of sp³-hybridized carbons (Fsp3) is 0.375. The number of aryl methyl sites for hydroxylation is 1. The third-order valence-corrected chi connectivity index (χ3v) is 5.85. The van der Waals surface area contributed by atoms with Gasteiger partial charge in [-0.1, -0.05) is 12.1 Å². The van der Waals surface area contributed by atoms with Crippen molar-refractivity contribution in [3.8, 4) is 5.75 Å². The summed E-state index contributed by atoms with van der Waals surface area (Å²) in [6, 6.07) is 8.41. The van der Waals surface area contributed by atoms with Gasteiger partial charge in [0.1, 0.15) is 11.4 Å². The van der Waals surface area contributed by atoms with Gasteiger partial charge in [0.2, 0.25) is 0 Å². The highest BCUT2D eigenvalue weighted by Gasteiger charge is 2.30. The number of fused-ring (bicyclic) bond motifs is 1. The largest absolute Gasteiger partial charge is 0.487 e. The van der Waals surface area contributed by atoms with Gasteiger partial charge in [-0.3, -0.25) is 0 Å². The molecule has 1 atom stereocenters. The van der Waals surface area contributed by atoms with Crippen LogP contribution >= 0.6 is 27.3 Å². The Hall–Kier alpha value is -0.840. The molecule has 2 N–H and O–H groups in total. The number of rotatable bonds is 2. The summed E-state index contributed by atoms with van der Waals surface area (Å²) in [4.78, 5) is 1.19. The minimum Gasteiger partial charge on any atom is -0.487 e. The fourth-order valence-corrected chi connectivity index (χ4v) is 4.22. The van der Waals surface area contributed by atoms with Crippen molar-refractivity contribution in [2.75, 3.05) is 0 Å². The molecule has 2 heterocycles. The fourth-order valence-electron chi connectivity index (χ4n) is 2.62. The van der Waals surface area contributed by atoms with Crippen LogP contribution in [0.3, 0.4) is 0 Å². The third-order valence-electron chi connectivity index (χ3n) is 3.63. The zero-order valence-electron chi connectivity index (χ0n) is 11.9. The molecule has 0 saturated heterocycles. The van der Waals surface area contributed by atoms with E-state index < -0.39 is 0 Å². The van der Waals surface area contributed by atoms with Gasteiger partial charge >= 0.3 is 0 Å². The number of thiophene rings is 1. The highest BCUT2D eigenvalue weighted by atomic mass is 79.9. The molecule has 2 aromatic rings. The molecule has 106 valence electrons. The summed E-state index contributed by atoms with van der Waals surface area (Å²) in [6.07, 6.45) is 0.941. The third kappa shape index (κ3) is 2.52. The summed E-state index contributed by atoms with van der Waals surface area (Å²) < 4.78 is 7.07. The van der Waals surface area contributed by atoms with E-state index in [9.17, 15) is 0 Å². The first-order chi connectivity index (χ1) is 9.35. The Balaban J connectivity index is 1.92. The van der Waals surface area contributed by atoms with Gasteiger partial charge in [0, 0.05) is 11.3 Å². The predicted octanol–water partition coefficient (Wildman–Crippen LogP) is 4.58. The summed E-state index contributed by atoms with van der Waals surface area (Å²) in [5.74, 6) is 0.995. The molecule has 0 radical (unpaired) electrons. The molecule has 3 rings (SSSR count). The minimum atomic E-state index is -0.104. The van der Waals surface area contributed by atoms with Gasteiger partial charge in [-0.25, -0.2) is 0 Å². The van der Waals surface area contributed by atoms with E-state index in [0.717, 1.165) is 21.5 Å². The summed E-state index contributed by atoms with van der Waals surface area (Å²) in [5, 5.41) is 0. The number of hydrogen-bond donors (Lipinski definition) is 1. The van der Waals surface area contributed by atoms with E-state index >= 15 is 0 Å². The summed E-state index contributed by atoms with van der Waals surface area (Å²) in [7, 11) is 0. The highest BCUT2D eigenvalue weighted by Crippen LogP contribution is 2.38. The topological polar surface area (TPSA) is 35.2 Å². The van der Waals surface area contributed by atoms with Gasteiger partial charge in [0.15, 0.2) is 0 Å². The van der Waals surface area contributed by atoms with Crippen LogP contribution in [0.2, 0.25) is 0 Å². The number of benzene rings is 1. The van der Waals surface area contributed by atoms with Crippen molar-refractivity contribution >= 4 is 27.3 Å². The molecule has 20 heavy (non-hydrogen) atoms. The first-order valence-corrected chi connectivity index (χ1v) is 8.30. The van der Waals surface area contributed by atoms with Crippen LogP contribution in [0.25, 0.3) is 0 Å². The van der Waals surface area contributed by atoms with Crippen LogP contribution < -0.4 is 10.5 Å². The van der Waals surface area contributed by atoms with E-state index in [4.69, 9.17) is 10.5 Å². The van der Waals surface area contributed by atoms with Crippen molar-refractivity contribution in [2.45, 2.75) is 38.8 Å².